The molecule has 1 aliphatic rings. The molecule has 4 aromatic rings. The molecule has 1 N–H and O–H groups in total. The Morgan fingerprint density at radius 3 is 2.39 bits per heavy atom. The lowest BCUT2D eigenvalue weighted by Gasteiger charge is -2.14. The van der Waals surface area contributed by atoms with Gasteiger partial charge in [0.05, 0.1) is 23.8 Å². The molecule has 0 fully saturated rings. The van der Waals surface area contributed by atoms with E-state index >= 15 is 0 Å². The van der Waals surface area contributed by atoms with Gasteiger partial charge in [-0.25, -0.2) is 19.0 Å². The molecule has 31 heavy (non-hydrogen) atoms. The summed E-state index contributed by atoms with van der Waals surface area (Å²) in [5.74, 6) is -0.00618. The molecule has 2 aromatic carbocycles. The van der Waals surface area contributed by atoms with E-state index in [1.807, 2.05) is 30.3 Å². The van der Waals surface area contributed by atoms with Gasteiger partial charge in [-0.05, 0) is 49.9 Å². The van der Waals surface area contributed by atoms with Crippen LogP contribution in [0.3, 0.4) is 0 Å². The zero-order chi connectivity index (χ0) is 21.2. The highest BCUT2D eigenvalue weighted by molar-refractivity contribution is 6.04. The van der Waals surface area contributed by atoms with Crippen molar-refractivity contribution >= 4 is 11.6 Å². The van der Waals surface area contributed by atoms with Crippen molar-refractivity contribution < 1.29 is 9.18 Å². The average molecular weight is 413 g/mol. The van der Waals surface area contributed by atoms with Crippen molar-refractivity contribution in [1.29, 1.82) is 0 Å². The van der Waals surface area contributed by atoms with Gasteiger partial charge in [-0.2, -0.15) is 5.10 Å². The Labute approximate surface area is 178 Å². The smallest absolute Gasteiger partial charge is 0.276 e. The van der Waals surface area contributed by atoms with Crippen molar-refractivity contribution in [3.63, 3.8) is 0 Å². The summed E-state index contributed by atoms with van der Waals surface area (Å²) in [5, 5.41) is 7.46. The number of nitrogens with zero attached hydrogens (tertiary/aromatic N) is 4. The number of carbonyl (C=O) groups excluding carboxylic acids is 1. The molecule has 0 saturated heterocycles. The number of hydrogen-bond donors (Lipinski definition) is 1. The van der Waals surface area contributed by atoms with Gasteiger partial charge in [-0.3, -0.25) is 4.79 Å². The minimum absolute atomic E-state index is 0.296. The quantitative estimate of drug-likeness (QED) is 0.531. The molecule has 2 heterocycles. The zero-order valence-corrected chi connectivity index (χ0v) is 16.8. The van der Waals surface area contributed by atoms with Crippen LogP contribution >= 0.6 is 0 Å². The summed E-state index contributed by atoms with van der Waals surface area (Å²) in [6, 6.07) is 15.8. The van der Waals surface area contributed by atoms with Gasteiger partial charge >= 0.3 is 0 Å². The fourth-order valence-electron chi connectivity index (χ4n) is 3.90. The molecule has 5 rings (SSSR count). The third kappa shape index (κ3) is 3.82. The zero-order valence-electron chi connectivity index (χ0n) is 16.8. The van der Waals surface area contributed by atoms with E-state index in [2.05, 4.69) is 20.4 Å². The molecule has 0 bridgehead atoms. The topological polar surface area (TPSA) is 72.7 Å². The molecule has 154 valence electrons. The van der Waals surface area contributed by atoms with Gasteiger partial charge in [-0.15, -0.1) is 0 Å². The molecule has 1 aliphatic carbocycles. The van der Waals surface area contributed by atoms with Crippen LogP contribution in [-0.4, -0.2) is 25.7 Å². The highest BCUT2D eigenvalue weighted by Crippen LogP contribution is 2.27. The van der Waals surface area contributed by atoms with Crippen LogP contribution in [0, 0.1) is 5.82 Å². The summed E-state index contributed by atoms with van der Waals surface area (Å²) in [4.78, 5) is 21.8. The standard InChI is InChI=1S/C24H20FN5O/c25-17-10-12-19(13-11-17)30-21-9-5-4-8-20(21)22(29-30)24(31)28-18-14-26-23(27-15-18)16-6-2-1-3-7-16/h1-3,6-7,10-15H,4-5,8-9H2,(H,28,31). The number of hydrogen-bond acceptors (Lipinski definition) is 4. The summed E-state index contributed by atoms with van der Waals surface area (Å²) in [7, 11) is 0. The van der Waals surface area contributed by atoms with E-state index in [0.717, 1.165) is 48.2 Å². The number of anilines is 1. The Bertz CT molecular complexity index is 1220. The van der Waals surface area contributed by atoms with Crippen LogP contribution in [0.2, 0.25) is 0 Å². The van der Waals surface area contributed by atoms with E-state index in [1.54, 1.807) is 29.2 Å². The van der Waals surface area contributed by atoms with Gasteiger partial charge in [-0.1, -0.05) is 30.3 Å². The van der Waals surface area contributed by atoms with Crippen LogP contribution in [0.25, 0.3) is 17.1 Å². The number of nitrogens with one attached hydrogen (secondary N) is 1. The lowest BCUT2D eigenvalue weighted by molar-refractivity contribution is 0.102. The number of aromatic nitrogens is 4. The second kappa shape index (κ2) is 8.10. The Hall–Kier alpha value is -3.87. The molecule has 0 radical (unpaired) electrons. The average Bonchev–Trinajstić information content (AvgIpc) is 3.21. The summed E-state index contributed by atoms with van der Waals surface area (Å²) >= 11 is 0. The van der Waals surface area contributed by atoms with Crippen LogP contribution in [0.1, 0.15) is 34.6 Å². The molecule has 6 nitrogen and oxygen atoms in total. The van der Waals surface area contributed by atoms with Crippen molar-refractivity contribution in [3.05, 3.63) is 89.8 Å². The van der Waals surface area contributed by atoms with Crippen molar-refractivity contribution in [2.75, 3.05) is 5.32 Å². The van der Waals surface area contributed by atoms with Crippen LogP contribution < -0.4 is 5.32 Å². The van der Waals surface area contributed by atoms with Crippen molar-refractivity contribution in [2.45, 2.75) is 25.7 Å². The van der Waals surface area contributed by atoms with Gasteiger partial charge in [0.15, 0.2) is 11.5 Å². The maximum Gasteiger partial charge on any atom is 0.276 e. The van der Waals surface area contributed by atoms with Gasteiger partial charge in [0.1, 0.15) is 5.82 Å². The van der Waals surface area contributed by atoms with E-state index in [-0.39, 0.29) is 11.7 Å². The summed E-state index contributed by atoms with van der Waals surface area (Å²) < 4.78 is 15.1. The molecule has 1 amide bonds. The molecule has 0 unspecified atom stereocenters. The second-order valence-corrected chi connectivity index (χ2v) is 7.48. The first-order chi connectivity index (χ1) is 15.2. The van der Waals surface area contributed by atoms with Gasteiger partial charge in [0.25, 0.3) is 5.91 Å². The highest BCUT2D eigenvalue weighted by Gasteiger charge is 2.25. The highest BCUT2D eigenvalue weighted by atomic mass is 19.1. The minimum atomic E-state index is -0.304. The molecule has 0 saturated carbocycles. The van der Waals surface area contributed by atoms with Gasteiger partial charge in [0.2, 0.25) is 0 Å². The third-order valence-electron chi connectivity index (χ3n) is 5.41. The van der Waals surface area contributed by atoms with Crippen molar-refractivity contribution in [2.24, 2.45) is 0 Å². The van der Waals surface area contributed by atoms with E-state index in [4.69, 9.17) is 0 Å². The van der Waals surface area contributed by atoms with Crippen molar-refractivity contribution in [1.82, 2.24) is 19.7 Å². The minimum Gasteiger partial charge on any atom is -0.318 e. The molecule has 0 atom stereocenters. The van der Waals surface area contributed by atoms with E-state index in [9.17, 15) is 9.18 Å². The van der Waals surface area contributed by atoms with E-state index < -0.39 is 0 Å². The SMILES string of the molecule is O=C(Nc1cnc(-c2ccccc2)nc1)c1nn(-c2ccc(F)cc2)c2c1CCCC2. The number of carbonyl (C=O) groups is 1. The fraction of sp³-hybridized carbons (Fsp3) is 0.167. The number of amides is 1. The number of benzene rings is 2. The Morgan fingerprint density at radius 1 is 0.935 bits per heavy atom. The third-order valence-corrected chi connectivity index (χ3v) is 5.41. The monoisotopic (exact) mass is 413 g/mol. The molecule has 2 aromatic heterocycles. The predicted molar refractivity (Wildman–Crippen MR) is 116 cm³/mol. The lowest BCUT2D eigenvalue weighted by Crippen LogP contribution is -2.16. The second-order valence-electron chi connectivity index (χ2n) is 7.48. The molecule has 7 heteroatoms. The first-order valence-corrected chi connectivity index (χ1v) is 10.2. The number of fused-ring (bicyclic) bond motifs is 1. The number of rotatable bonds is 4. The predicted octanol–water partition coefficient (Wildman–Crippen LogP) is 4.60. The Kier molecular flexibility index (Phi) is 5.00. The van der Waals surface area contributed by atoms with Crippen LogP contribution in [0.5, 0.6) is 0 Å². The molecular formula is C24H20FN5O. The first kappa shape index (κ1) is 19.1. The largest absolute Gasteiger partial charge is 0.318 e. The normalized spacial score (nSPS) is 12.9. The fourth-order valence-corrected chi connectivity index (χ4v) is 3.90. The Balaban J connectivity index is 1.42. The summed E-state index contributed by atoms with van der Waals surface area (Å²) in [6.45, 7) is 0. The maximum absolute atomic E-state index is 13.3. The molecular weight excluding hydrogens is 393 g/mol. The van der Waals surface area contributed by atoms with Crippen LogP contribution in [0.15, 0.2) is 67.0 Å². The maximum atomic E-state index is 13.3. The Morgan fingerprint density at radius 2 is 1.65 bits per heavy atom. The number of halogens is 1. The first-order valence-electron chi connectivity index (χ1n) is 10.2. The van der Waals surface area contributed by atoms with E-state index in [1.165, 1.54) is 12.1 Å². The van der Waals surface area contributed by atoms with Crippen LogP contribution in [-0.2, 0) is 12.8 Å². The molecule has 0 spiro atoms. The van der Waals surface area contributed by atoms with Gasteiger partial charge in [0, 0.05) is 16.8 Å². The summed E-state index contributed by atoms with van der Waals surface area (Å²) in [5.41, 5.74) is 4.52. The van der Waals surface area contributed by atoms with Gasteiger partial charge < -0.3 is 5.32 Å². The van der Waals surface area contributed by atoms with Crippen LogP contribution in [0.4, 0.5) is 10.1 Å². The molecule has 0 aliphatic heterocycles. The van der Waals surface area contributed by atoms with Crippen molar-refractivity contribution in [3.8, 4) is 17.1 Å². The summed E-state index contributed by atoms with van der Waals surface area (Å²) in [6.07, 6.45) is 6.87. The lowest BCUT2D eigenvalue weighted by atomic mass is 9.95. The van der Waals surface area contributed by atoms with E-state index in [0.29, 0.717) is 17.2 Å².